The zero-order valence-corrected chi connectivity index (χ0v) is 15.5. The number of hydrogen-bond acceptors (Lipinski definition) is 2. The predicted octanol–water partition coefficient (Wildman–Crippen LogP) is 5.12. The molecule has 3 aromatic rings. The van der Waals surface area contributed by atoms with Gasteiger partial charge in [0.1, 0.15) is 23.1 Å². The third kappa shape index (κ3) is 3.08. The average Bonchev–Trinajstić information content (AvgIpc) is 2.91. The zero-order chi connectivity index (χ0) is 20.8. The van der Waals surface area contributed by atoms with E-state index in [4.69, 9.17) is 0 Å². The van der Waals surface area contributed by atoms with E-state index in [1.807, 2.05) is 0 Å². The minimum Gasteiger partial charge on any atom is -0.380 e. The average molecular weight is 394 g/mol. The van der Waals surface area contributed by atoms with Gasteiger partial charge < -0.3 is 5.11 Å². The first-order chi connectivity index (χ1) is 13.8. The second-order valence-corrected chi connectivity index (χ2v) is 7.13. The molecule has 2 nitrogen and oxygen atoms in total. The summed E-state index contributed by atoms with van der Waals surface area (Å²) in [5.41, 5.74) is -0.591. The van der Waals surface area contributed by atoms with Crippen LogP contribution in [-0.4, -0.2) is 10.9 Å². The van der Waals surface area contributed by atoms with Crippen LogP contribution >= 0.6 is 0 Å². The van der Waals surface area contributed by atoms with Crippen LogP contribution in [0.15, 0.2) is 72.8 Å². The molecule has 0 fully saturated rings. The summed E-state index contributed by atoms with van der Waals surface area (Å²) < 4.78 is 41.4. The van der Waals surface area contributed by atoms with Crippen molar-refractivity contribution in [3.8, 4) is 0 Å². The van der Waals surface area contributed by atoms with Crippen molar-refractivity contribution in [1.82, 2.24) is 0 Å². The molecular formula is C24H17F3O2. The van der Waals surface area contributed by atoms with Crippen LogP contribution in [0, 0.1) is 23.4 Å². The van der Waals surface area contributed by atoms with Crippen molar-refractivity contribution in [2.75, 3.05) is 0 Å². The molecule has 0 saturated carbocycles. The fourth-order valence-electron chi connectivity index (χ4n) is 3.98. The number of halogens is 3. The monoisotopic (exact) mass is 394 g/mol. The van der Waals surface area contributed by atoms with E-state index in [9.17, 15) is 23.1 Å². The summed E-state index contributed by atoms with van der Waals surface area (Å²) in [5.74, 6) is -3.55. The molecule has 0 spiro atoms. The Bertz CT molecular complexity index is 1100. The topological polar surface area (TPSA) is 37.3 Å². The van der Waals surface area contributed by atoms with E-state index >= 15 is 0 Å². The van der Waals surface area contributed by atoms with Gasteiger partial charge in [0.2, 0.25) is 0 Å². The minimum absolute atomic E-state index is 0.0492. The quantitative estimate of drug-likeness (QED) is 0.669. The highest BCUT2D eigenvalue weighted by Gasteiger charge is 2.52. The second-order valence-electron chi connectivity index (χ2n) is 7.13. The molecule has 146 valence electrons. The van der Waals surface area contributed by atoms with Gasteiger partial charge in [0.25, 0.3) is 0 Å². The van der Waals surface area contributed by atoms with Gasteiger partial charge in [-0.2, -0.15) is 0 Å². The summed E-state index contributed by atoms with van der Waals surface area (Å²) in [6, 6.07) is 16.8. The number of hydrogen-bond donors (Lipinski definition) is 1. The maximum absolute atomic E-state index is 14.0. The number of rotatable bonds is 3. The van der Waals surface area contributed by atoms with Crippen LogP contribution in [0.3, 0.4) is 0 Å². The lowest BCUT2D eigenvalue weighted by Crippen LogP contribution is -2.34. The number of carbonyl (C=O) groups excluding carboxylic acids is 1. The highest BCUT2D eigenvalue weighted by atomic mass is 19.1. The van der Waals surface area contributed by atoms with E-state index in [2.05, 4.69) is 0 Å². The summed E-state index contributed by atoms with van der Waals surface area (Å²) in [6.07, 6.45) is 0. The predicted molar refractivity (Wildman–Crippen MR) is 104 cm³/mol. The summed E-state index contributed by atoms with van der Waals surface area (Å²) in [4.78, 5) is 13.2. The van der Waals surface area contributed by atoms with Crippen molar-refractivity contribution >= 4 is 16.9 Å². The van der Waals surface area contributed by atoms with Gasteiger partial charge in [0.15, 0.2) is 5.78 Å². The van der Waals surface area contributed by atoms with Crippen LogP contribution in [0.1, 0.15) is 23.6 Å². The molecule has 1 aliphatic carbocycles. The standard InChI is InChI=1S/C24H17F3O2/c1-14-23(28)21(15-7-9-18(25)10-8-15)22(16-5-3-2-4-6-16)24(14,29)17-11-19(26)13-20(27)12-17/h2-14,29H,1H3/t14-,24-/m0/s1. The molecule has 0 bridgehead atoms. The molecule has 2 atom stereocenters. The molecule has 0 aliphatic heterocycles. The highest BCUT2D eigenvalue weighted by Crippen LogP contribution is 2.53. The number of allylic oxidation sites excluding steroid dienone is 1. The Morgan fingerprint density at radius 2 is 1.38 bits per heavy atom. The van der Waals surface area contributed by atoms with Crippen LogP contribution in [0.5, 0.6) is 0 Å². The molecule has 3 aromatic carbocycles. The smallest absolute Gasteiger partial charge is 0.170 e. The number of Topliss-reactive ketones (excluding diaryl/α,β-unsaturated/α-hetero) is 1. The van der Waals surface area contributed by atoms with Crippen molar-refractivity contribution < 1.29 is 23.1 Å². The molecule has 0 radical (unpaired) electrons. The first-order valence-electron chi connectivity index (χ1n) is 9.11. The first kappa shape index (κ1) is 19.2. The zero-order valence-electron chi connectivity index (χ0n) is 15.5. The molecule has 1 N–H and O–H groups in total. The molecule has 5 heteroatoms. The first-order valence-corrected chi connectivity index (χ1v) is 9.11. The molecule has 29 heavy (non-hydrogen) atoms. The fraction of sp³-hybridized carbons (Fsp3) is 0.125. The van der Waals surface area contributed by atoms with E-state index in [1.54, 1.807) is 30.3 Å². The summed E-state index contributed by atoms with van der Waals surface area (Å²) in [7, 11) is 0. The number of ketones is 1. The molecule has 1 aliphatic rings. The maximum Gasteiger partial charge on any atom is 0.170 e. The van der Waals surface area contributed by atoms with Crippen LogP contribution in [0.4, 0.5) is 13.2 Å². The normalized spacial score (nSPS) is 21.7. The van der Waals surface area contributed by atoms with Gasteiger partial charge in [-0.15, -0.1) is 0 Å². The van der Waals surface area contributed by atoms with Gasteiger partial charge in [-0.3, -0.25) is 4.79 Å². The Morgan fingerprint density at radius 3 is 1.97 bits per heavy atom. The van der Waals surface area contributed by atoms with E-state index < -0.39 is 29.0 Å². The summed E-state index contributed by atoms with van der Waals surface area (Å²) in [6.45, 7) is 1.52. The van der Waals surface area contributed by atoms with Crippen molar-refractivity contribution in [3.63, 3.8) is 0 Å². The third-order valence-electron chi connectivity index (χ3n) is 5.40. The second kappa shape index (κ2) is 7.01. The number of aliphatic hydroxyl groups is 1. The van der Waals surface area contributed by atoms with Crippen LogP contribution in [-0.2, 0) is 10.4 Å². The molecule has 0 heterocycles. The van der Waals surface area contributed by atoms with E-state index in [-0.39, 0.29) is 22.5 Å². The van der Waals surface area contributed by atoms with Crippen molar-refractivity contribution in [2.24, 2.45) is 5.92 Å². The molecular weight excluding hydrogens is 377 g/mol. The van der Waals surface area contributed by atoms with E-state index in [0.717, 1.165) is 12.1 Å². The fourth-order valence-corrected chi connectivity index (χ4v) is 3.98. The van der Waals surface area contributed by atoms with Gasteiger partial charge in [0, 0.05) is 17.2 Å². The number of carbonyl (C=O) groups is 1. The van der Waals surface area contributed by atoms with Crippen LogP contribution in [0.2, 0.25) is 0 Å². The van der Waals surface area contributed by atoms with E-state index in [0.29, 0.717) is 17.2 Å². The molecule has 0 aromatic heterocycles. The number of benzene rings is 3. The van der Waals surface area contributed by atoms with Gasteiger partial charge in [-0.25, -0.2) is 13.2 Å². The van der Waals surface area contributed by atoms with Gasteiger partial charge >= 0.3 is 0 Å². The van der Waals surface area contributed by atoms with Crippen LogP contribution in [0.25, 0.3) is 11.1 Å². The molecule has 4 rings (SSSR count). The van der Waals surface area contributed by atoms with E-state index in [1.165, 1.54) is 31.2 Å². The van der Waals surface area contributed by atoms with Crippen molar-refractivity contribution in [1.29, 1.82) is 0 Å². The Labute approximate surface area is 165 Å². The molecule has 0 unspecified atom stereocenters. The van der Waals surface area contributed by atoms with Gasteiger partial charge in [-0.1, -0.05) is 49.4 Å². The largest absolute Gasteiger partial charge is 0.380 e. The Balaban J connectivity index is 2.06. The summed E-state index contributed by atoms with van der Waals surface area (Å²) in [5, 5.41) is 11.8. The Morgan fingerprint density at radius 1 is 0.793 bits per heavy atom. The molecule has 0 amide bonds. The highest BCUT2D eigenvalue weighted by molar-refractivity contribution is 6.33. The van der Waals surface area contributed by atoms with Crippen molar-refractivity contribution in [2.45, 2.75) is 12.5 Å². The van der Waals surface area contributed by atoms with Gasteiger partial charge in [0.05, 0.1) is 5.92 Å². The lowest BCUT2D eigenvalue weighted by atomic mass is 9.78. The lowest BCUT2D eigenvalue weighted by molar-refractivity contribution is -0.121. The van der Waals surface area contributed by atoms with Crippen LogP contribution < -0.4 is 0 Å². The minimum atomic E-state index is -1.95. The Kier molecular flexibility index (Phi) is 4.63. The third-order valence-corrected chi connectivity index (χ3v) is 5.40. The van der Waals surface area contributed by atoms with Gasteiger partial charge in [-0.05, 0) is 41.0 Å². The Hall–Kier alpha value is -3.18. The van der Waals surface area contributed by atoms with Crippen molar-refractivity contribution in [3.05, 3.63) is 107 Å². The SMILES string of the molecule is C[C@H]1C(=O)C(c2ccc(F)cc2)=C(c2ccccc2)[C@@]1(O)c1cc(F)cc(F)c1. The lowest BCUT2D eigenvalue weighted by Gasteiger charge is -2.31. The maximum atomic E-state index is 14.0. The summed E-state index contributed by atoms with van der Waals surface area (Å²) >= 11 is 0. The molecule has 0 saturated heterocycles.